The van der Waals surface area contributed by atoms with Crippen molar-refractivity contribution in [1.82, 2.24) is 14.2 Å². The Morgan fingerprint density at radius 2 is 1.86 bits per heavy atom. The summed E-state index contributed by atoms with van der Waals surface area (Å²) in [4.78, 5) is 2.00. The van der Waals surface area contributed by atoms with E-state index in [4.69, 9.17) is 0 Å². The third kappa shape index (κ3) is 3.73. The lowest BCUT2D eigenvalue weighted by Crippen LogP contribution is -2.35. The van der Waals surface area contributed by atoms with Gasteiger partial charge in [0.05, 0.1) is 10.9 Å². The van der Waals surface area contributed by atoms with Crippen LogP contribution >= 0.6 is 0 Å². The first-order chi connectivity index (χ1) is 10.3. The van der Waals surface area contributed by atoms with Gasteiger partial charge in [0.2, 0.25) is 10.0 Å². The van der Waals surface area contributed by atoms with Crippen LogP contribution in [0.1, 0.15) is 11.7 Å². The Bertz CT molecular complexity index is 724. The summed E-state index contributed by atoms with van der Waals surface area (Å²) in [6, 6.07) is 8.55. The Hall–Kier alpha value is -1.70. The second-order valence-electron chi connectivity index (χ2n) is 5.33. The predicted octanol–water partition coefficient (Wildman–Crippen LogP) is 1.75. The first-order valence-corrected chi connectivity index (χ1v) is 8.32. The number of likely N-dealkylation sites (N-methyl/N-ethyl adjacent to an activating group) is 1. The van der Waals surface area contributed by atoms with Gasteiger partial charge in [0.25, 0.3) is 0 Å². The average molecular weight is 325 g/mol. The van der Waals surface area contributed by atoms with Crippen LogP contribution in [-0.2, 0) is 17.1 Å². The minimum Gasteiger partial charge on any atom is -0.353 e. The number of hydrogen-bond acceptors (Lipinski definition) is 3. The van der Waals surface area contributed by atoms with Gasteiger partial charge in [0.15, 0.2) is 0 Å². The van der Waals surface area contributed by atoms with Crippen molar-refractivity contribution >= 4 is 10.0 Å². The molecular formula is C15H20FN3O2S. The molecule has 0 aliphatic heterocycles. The van der Waals surface area contributed by atoms with Crippen LogP contribution in [-0.4, -0.2) is 38.5 Å². The van der Waals surface area contributed by atoms with Crippen molar-refractivity contribution in [3.8, 4) is 0 Å². The first-order valence-electron chi connectivity index (χ1n) is 6.84. The minimum absolute atomic E-state index is 0.0540. The smallest absolute Gasteiger partial charge is 0.240 e. The third-order valence-corrected chi connectivity index (χ3v) is 4.98. The topological polar surface area (TPSA) is 54.3 Å². The molecule has 1 N–H and O–H groups in total. The monoisotopic (exact) mass is 325 g/mol. The largest absolute Gasteiger partial charge is 0.353 e. The Morgan fingerprint density at radius 3 is 2.36 bits per heavy atom. The van der Waals surface area contributed by atoms with Crippen molar-refractivity contribution in [2.45, 2.75) is 10.9 Å². The van der Waals surface area contributed by atoms with E-state index in [1.54, 1.807) is 0 Å². The Labute approximate surface area is 130 Å². The molecule has 0 aliphatic carbocycles. The number of nitrogens with zero attached hydrogens (tertiary/aromatic N) is 2. The summed E-state index contributed by atoms with van der Waals surface area (Å²) in [6.07, 6.45) is 1.92. The van der Waals surface area contributed by atoms with E-state index in [9.17, 15) is 12.8 Å². The first kappa shape index (κ1) is 16.7. The van der Waals surface area contributed by atoms with Crippen LogP contribution in [0.4, 0.5) is 4.39 Å². The van der Waals surface area contributed by atoms with Gasteiger partial charge in [-0.3, -0.25) is 4.90 Å². The maximum absolute atomic E-state index is 12.9. The summed E-state index contributed by atoms with van der Waals surface area (Å²) in [5.41, 5.74) is 1.01. The van der Waals surface area contributed by atoms with Crippen molar-refractivity contribution < 1.29 is 12.8 Å². The number of aryl methyl sites for hydroxylation is 1. The molecule has 0 spiro atoms. The fourth-order valence-electron chi connectivity index (χ4n) is 2.26. The average Bonchev–Trinajstić information content (AvgIpc) is 2.85. The van der Waals surface area contributed by atoms with E-state index >= 15 is 0 Å². The zero-order valence-electron chi connectivity index (χ0n) is 12.8. The van der Waals surface area contributed by atoms with Gasteiger partial charge in [-0.05, 0) is 50.5 Å². The molecule has 0 bridgehead atoms. The van der Waals surface area contributed by atoms with Gasteiger partial charge in [-0.2, -0.15) is 0 Å². The molecule has 2 aromatic rings. The zero-order chi connectivity index (χ0) is 16.3. The lowest BCUT2D eigenvalue weighted by atomic mass is 10.2. The molecule has 7 heteroatoms. The number of halogens is 1. The molecule has 1 unspecified atom stereocenters. The normalized spacial score (nSPS) is 13.5. The summed E-state index contributed by atoms with van der Waals surface area (Å²) < 4.78 is 42.0. The van der Waals surface area contributed by atoms with Gasteiger partial charge in [0, 0.05) is 25.5 Å². The molecule has 0 saturated heterocycles. The lowest BCUT2D eigenvalue weighted by molar-refractivity contribution is 0.289. The van der Waals surface area contributed by atoms with Gasteiger partial charge in [-0.15, -0.1) is 0 Å². The van der Waals surface area contributed by atoms with E-state index < -0.39 is 15.8 Å². The van der Waals surface area contributed by atoms with E-state index in [0.29, 0.717) is 0 Å². The highest BCUT2D eigenvalue weighted by Gasteiger charge is 2.21. The highest BCUT2D eigenvalue weighted by atomic mass is 32.2. The van der Waals surface area contributed by atoms with E-state index in [1.807, 2.05) is 48.9 Å². The molecule has 0 radical (unpaired) electrons. The molecule has 0 fully saturated rings. The lowest BCUT2D eigenvalue weighted by Gasteiger charge is -2.25. The number of benzene rings is 1. The molecule has 0 aliphatic rings. The van der Waals surface area contributed by atoms with E-state index in [1.165, 1.54) is 12.1 Å². The summed E-state index contributed by atoms with van der Waals surface area (Å²) in [6.45, 7) is 0.227. The van der Waals surface area contributed by atoms with Gasteiger partial charge in [-0.1, -0.05) is 0 Å². The molecule has 22 heavy (non-hydrogen) atoms. The summed E-state index contributed by atoms with van der Waals surface area (Å²) in [5, 5.41) is 0. The summed E-state index contributed by atoms with van der Waals surface area (Å²) in [5.74, 6) is -0.464. The standard InChI is InChI=1S/C15H20FN3O2S/c1-18(2)15(14-5-4-10-19(14)3)11-17-22(20,21)13-8-6-12(16)7-9-13/h4-10,15,17H,11H2,1-3H3. The Morgan fingerprint density at radius 1 is 1.23 bits per heavy atom. The quantitative estimate of drug-likeness (QED) is 0.880. The van der Waals surface area contributed by atoms with Crippen molar-refractivity contribution in [1.29, 1.82) is 0 Å². The molecule has 0 saturated carbocycles. The fourth-order valence-corrected chi connectivity index (χ4v) is 3.30. The van der Waals surface area contributed by atoms with Crippen molar-refractivity contribution in [2.24, 2.45) is 7.05 Å². The van der Waals surface area contributed by atoms with Crippen LogP contribution in [0.5, 0.6) is 0 Å². The zero-order valence-corrected chi connectivity index (χ0v) is 13.6. The maximum Gasteiger partial charge on any atom is 0.240 e. The predicted molar refractivity (Wildman–Crippen MR) is 83.4 cm³/mol. The van der Waals surface area contributed by atoms with Gasteiger partial charge < -0.3 is 4.57 Å². The molecule has 1 atom stereocenters. The third-order valence-electron chi connectivity index (χ3n) is 3.54. The van der Waals surface area contributed by atoms with Crippen LogP contribution in [0, 0.1) is 5.82 Å². The molecular weight excluding hydrogens is 305 g/mol. The van der Waals surface area contributed by atoms with Crippen LogP contribution in [0.25, 0.3) is 0 Å². The number of nitrogens with one attached hydrogen (secondary N) is 1. The second kappa shape index (κ2) is 6.60. The van der Waals surface area contributed by atoms with E-state index in [0.717, 1.165) is 17.8 Å². The molecule has 0 amide bonds. The number of sulfonamides is 1. The van der Waals surface area contributed by atoms with E-state index in [2.05, 4.69) is 4.72 Å². The fraction of sp³-hybridized carbons (Fsp3) is 0.333. The SMILES string of the molecule is CN(C)C(CNS(=O)(=O)c1ccc(F)cc1)c1cccn1C. The van der Waals surface area contributed by atoms with Crippen molar-refractivity contribution in [3.05, 3.63) is 54.1 Å². The van der Waals surface area contributed by atoms with Gasteiger partial charge in [-0.25, -0.2) is 17.5 Å². The Kier molecular flexibility index (Phi) is 5.00. The number of hydrogen-bond donors (Lipinski definition) is 1. The molecule has 120 valence electrons. The maximum atomic E-state index is 12.9. The molecule has 1 aromatic carbocycles. The molecule has 1 aromatic heterocycles. The van der Waals surface area contributed by atoms with Crippen molar-refractivity contribution in [3.63, 3.8) is 0 Å². The summed E-state index contributed by atoms with van der Waals surface area (Å²) >= 11 is 0. The summed E-state index contributed by atoms with van der Waals surface area (Å²) in [7, 11) is 2.04. The highest BCUT2D eigenvalue weighted by Crippen LogP contribution is 2.18. The number of rotatable bonds is 6. The van der Waals surface area contributed by atoms with E-state index in [-0.39, 0.29) is 17.5 Å². The molecule has 2 rings (SSSR count). The van der Waals surface area contributed by atoms with Crippen LogP contribution in [0.15, 0.2) is 47.5 Å². The van der Waals surface area contributed by atoms with Crippen LogP contribution in [0.3, 0.4) is 0 Å². The Balaban J connectivity index is 2.15. The minimum atomic E-state index is -3.66. The number of aromatic nitrogens is 1. The van der Waals surface area contributed by atoms with Crippen molar-refractivity contribution in [2.75, 3.05) is 20.6 Å². The van der Waals surface area contributed by atoms with Gasteiger partial charge >= 0.3 is 0 Å². The molecule has 5 nitrogen and oxygen atoms in total. The van der Waals surface area contributed by atoms with Crippen LogP contribution in [0.2, 0.25) is 0 Å². The highest BCUT2D eigenvalue weighted by molar-refractivity contribution is 7.89. The van der Waals surface area contributed by atoms with Gasteiger partial charge in [0.1, 0.15) is 5.82 Å². The second-order valence-corrected chi connectivity index (χ2v) is 7.10. The van der Waals surface area contributed by atoms with Crippen LogP contribution < -0.4 is 4.72 Å². The molecule has 1 heterocycles.